The highest BCUT2D eigenvalue weighted by molar-refractivity contribution is 7.89. The molecule has 1 heterocycles. The smallest absolute Gasteiger partial charge is 0.341 e. The SMILES string of the molecule is CCOC(=O)c1c(NC(=O)CN(C)S(=O)(=O)c2ccccc2C#N)sc(C)c1C. The maximum Gasteiger partial charge on any atom is 0.341 e. The predicted molar refractivity (Wildman–Crippen MR) is 109 cm³/mol. The lowest BCUT2D eigenvalue weighted by Gasteiger charge is -2.17. The molecule has 1 amide bonds. The maximum atomic E-state index is 12.7. The normalized spacial score (nSPS) is 11.2. The minimum Gasteiger partial charge on any atom is -0.462 e. The van der Waals surface area contributed by atoms with E-state index in [4.69, 9.17) is 10.00 Å². The Morgan fingerprint density at radius 1 is 1.28 bits per heavy atom. The van der Waals surface area contributed by atoms with Crippen molar-refractivity contribution in [3.63, 3.8) is 0 Å². The van der Waals surface area contributed by atoms with E-state index >= 15 is 0 Å². The molecule has 0 bridgehead atoms. The molecule has 0 aliphatic rings. The number of nitrogens with zero attached hydrogens (tertiary/aromatic N) is 2. The summed E-state index contributed by atoms with van der Waals surface area (Å²) < 4.78 is 31.4. The highest BCUT2D eigenvalue weighted by Gasteiger charge is 2.27. The third-order valence-electron chi connectivity index (χ3n) is 4.18. The minimum atomic E-state index is -4.05. The summed E-state index contributed by atoms with van der Waals surface area (Å²) >= 11 is 1.22. The van der Waals surface area contributed by atoms with Gasteiger partial charge < -0.3 is 10.1 Å². The van der Waals surface area contributed by atoms with Gasteiger partial charge in [-0.3, -0.25) is 4.79 Å². The fourth-order valence-electron chi connectivity index (χ4n) is 2.57. The summed E-state index contributed by atoms with van der Waals surface area (Å²) in [5.41, 5.74) is 0.963. The number of aryl methyl sites for hydroxylation is 1. The number of hydrogen-bond acceptors (Lipinski definition) is 7. The molecular formula is C19H21N3O5S2. The highest BCUT2D eigenvalue weighted by atomic mass is 32.2. The van der Waals surface area contributed by atoms with Crippen LogP contribution in [0.1, 0.15) is 33.3 Å². The number of amides is 1. The third kappa shape index (κ3) is 4.82. The molecule has 0 aliphatic heterocycles. The second kappa shape index (κ2) is 9.17. The summed E-state index contributed by atoms with van der Waals surface area (Å²) in [7, 11) is -2.80. The van der Waals surface area contributed by atoms with Crippen LogP contribution in [0.5, 0.6) is 0 Å². The van der Waals surface area contributed by atoms with Crippen LogP contribution in [0.3, 0.4) is 0 Å². The van der Waals surface area contributed by atoms with Crippen molar-refractivity contribution in [1.29, 1.82) is 5.26 Å². The highest BCUT2D eigenvalue weighted by Crippen LogP contribution is 2.33. The Morgan fingerprint density at radius 3 is 2.55 bits per heavy atom. The van der Waals surface area contributed by atoms with Gasteiger partial charge in [0.05, 0.1) is 29.2 Å². The minimum absolute atomic E-state index is 0.00568. The standard InChI is InChI=1S/C19H21N3O5S2/c1-5-27-19(24)17-12(2)13(3)28-18(17)21-16(23)11-22(4)29(25,26)15-9-7-6-8-14(15)10-20/h6-9H,5,11H2,1-4H3,(H,21,23). The van der Waals surface area contributed by atoms with E-state index in [0.717, 1.165) is 9.18 Å². The van der Waals surface area contributed by atoms with Crippen LogP contribution >= 0.6 is 11.3 Å². The number of anilines is 1. The lowest BCUT2D eigenvalue weighted by Crippen LogP contribution is -2.35. The second-order valence-corrected chi connectivity index (χ2v) is 9.36. The number of likely N-dealkylation sites (N-methyl/N-ethyl adjacent to an activating group) is 1. The van der Waals surface area contributed by atoms with Gasteiger partial charge in [0, 0.05) is 11.9 Å². The zero-order chi connectivity index (χ0) is 21.8. The van der Waals surface area contributed by atoms with Crippen molar-refractivity contribution in [3.05, 3.63) is 45.8 Å². The van der Waals surface area contributed by atoms with Gasteiger partial charge >= 0.3 is 5.97 Å². The lowest BCUT2D eigenvalue weighted by atomic mass is 10.1. The third-order valence-corrected chi connectivity index (χ3v) is 7.16. The van der Waals surface area contributed by atoms with Crippen LogP contribution in [-0.2, 0) is 19.6 Å². The number of ether oxygens (including phenoxy) is 1. The van der Waals surface area contributed by atoms with Crippen molar-refractivity contribution in [1.82, 2.24) is 4.31 Å². The van der Waals surface area contributed by atoms with E-state index in [9.17, 15) is 18.0 Å². The topological polar surface area (TPSA) is 117 Å². The van der Waals surface area contributed by atoms with Crippen LogP contribution < -0.4 is 5.32 Å². The average Bonchev–Trinajstić information content (AvgIpc) is 2.94. The molecule has 2 rings (SSSR count). The number of esters is 1. The van der Waals surface area contributed by atoms with Gasteiger partial charge in [-0.2, -0.15) is 9.57 Å². The Bertz CT molecular complexity index is 1080. The molecule has 29 heavy (non-hydrogen) atoms. The van der Waals surface area contributed by atoms with Crippen LogP contribution in [0, 0.1) is 25.2 Å². The monoisotopic (exact) mass is 435 g/mol. The average molecular weight is 436 g/mol. The molecule has 0 saturated carbocycles. The van der Waals surface area contributed by atoms with E-state index in [1.54, 1.807) is 19.9 Å². The first-order chi connectivity index (χ1) is 13.6. The van der Waals surface area contributed by atoms with Crippen LogP contribution in [0.4, 0.5) is 5.00 Å². The zero-order valence-electron chi connectivity index (χ0n) is 16.5. The van der Waals surface area contributed by atoms with Crippen LogP contribution in [0.2, 0.25) is 0 Å². The number of nitrogens with one attached hydrogen (secondary N) is 1. The number of sulfonamides is 1. The van der Waals surface area contributed by atoms with Gasteiger partial charge in [0.15, 0.2) is 0 Å². The van der Waals surface area contributed by atoms with Gasteiger partial charge in [-0.25, -0.2) is 13.2 Å². The van der Waals surface area contributed by atoms with Gasteiger partial charge in [0.25, 0.3) is 0 Å². The number of benzene rings is 1. The number of carbonyl (C=O) groups is 2. The first-order valence-electron chi connectivity index (χ1n) is 8.65. The Balaban J connectivity index is 2.23. The number of carbonyl (C=O) groups excluding carboxylic acids is 2. The molecule has 2 aromatic rings. The summed E-state index contributed by atoms with van der Waals surface area (Å²) in [6.45, 7) is 4.96. The summed E-state index contributed by atoms with van der Waals surface area (Å²) in [6, 6.07) is 7.60. The summed E-state index contributed by atoms with van der Waals surface area (Å²) in [5.74, 6) is -1.16. The first kappa shape index (κ1) is 22.5. The molecule has 1 N–H and O–H groups in total. The number of thiophene rings is 1. The van der Waals surface area contributed by atoms with Gasteiger partial charge in [-0.1, -0.05) is 12.1 Å². The number of nitriles is 1. The molecule has 154 valence electrons. The molecule has 1 aromatic carbocycles. The van der Waals surface area contributed by atoms with Crippen LogP contribution in [-0.4, -0.2) is 44.8 Å². The van der Waals surface area contributed by atoms with E-state index in [-0.39, 0.29) is 22.6 Å². The summed E-state index contributed by atoms with van der Waals surface area (Å²) in [4.78, 5) is 25.4. The van der Waals surface area contributed by atoms with Gasteiger partial charge in [0.2, 0.25) is 15.9 Å². The number of hydrogen-bond donors (Lipinski definition) is 1. The lowest BCUT2D eigenvalue weighted by molar-refractivity contribution is -0.116. The van der Waals surface area contributed by atoms with E-state index in [2.05, 4.69) is 5.32 Å². The molecule has 10 heteroatoms. The molecule has 1 aromatic heterocycles. The fraction of sp³-hybridized carbons (Fsp3) is 0.316. The molecule has 0 spiro atoms. The van der Waals surface area contributed by atoms with Crippen molar-refractivity contribution in [3.8, 4) is 6.07 Å². The van der Waals surface area contributed by atoms with Crippen molar-refractivity contribution in [2.75, 3.05) is 25.5 Å². The summed E-state index contributed by atoms with van der Waals surface area (Å²) in [6.07, 6.45) is 0. The maximum absolute atomic E-state index is 12.7. The summed E-state index contributed by atoms with van der Waals surface area (Å²) in [5, 5.41) is 12.1. The number of rotatable bonds is 7. The Morgan fingerprint density at radius 2 is 1.93 bits per heavy atom. The molecular weight excluding hydrogens is 414 g/mol. The molecule has 0 unspecified atom stereocenters. The van der Waals surface area contributed by atoms with E-state index in [0.29, 0.717) is 10.6 Å². The van der Waals surface area contributed by atoms with E-state index in [1.807, 2.05) is 13.0 Å². The predicted octanol–water partition coefficient (Wildman–Crippen LogP) is 2.67. The molecule has 0 fully saturated rings. The first-order valence-corrected chi connectivity index (χ1v) is 10.9. The second-order valence-electron chi connectivity index (χ2n) is 6.13. The van der Waals surface area contributed by atoms with Crippen molar-refractivity contribution in [2.45, 2.75) is 25.7 Å². The van der Waals surface area contributed by atoms with Crippen LogP contribution in [0.15, 0.2) is 29.2 Å². The molecule has 0 aliphatic carbocycles. The Hall–Kier alpha value is -2.74. The van der Waals surface area contributed by atoms with Gasteiger partial charge in [0.1, 0.15) is 11.1 Å². The quantitative estimate of drug-likeness (QED) is 0.668. The molecule has 0 atom stereocenters. The van der Waals surface area contributed by atoms with Crippen molar-refractivity contribution >= 4 is 38.2 Å². The van der Waals surface area contributed by atoms with Crippen molar-refractivity contribution in [2.24, 2.45) is 0 Å². The van der Waals surface area contributed by atoms with Crippen LogP contribution in [0.25, 0.3) is 0 Å². The Kier molecular flexibility index (Phi) is 7.13. The molecule has 8 nitrogen and oxygen atoms in total. The zero-order valence-corrected chi connectivity index (χ0v) is 18.1. The van der Waals surface area contributed by atoms with Crippen molar-refractivity contribution < 1.29 is 22.7 Å². The van der Waals surface area contributed by atoms with E-state index in [1.165, 1.54) is 36.6 Å². The van der Waals surface area contributed by atoms with Gasteiger partial charge in [-0.05, 0) is 38.5 Å². The van der Waals surface area contributed by atoms with E-state index < -0.39 is 28.4 Å². The Labute approximate surface area is 173 Å². The molecule has 0 radical (unpaired) electrons. The molecule has 0 saturated heterocycles. The largest absolute Gasteiger partial charge is 0.462 e. The van der Waals surface area contributed by atoms with Gasteiger partial charge in [-0.15, -0.1) is 11.3 Å². The fourth-order valence-corrected chi connectivity index (χ4v) is 4.90.